The van der Waals surface area contributed by atoms with Gasteiger partial charge in [-0.1, -0.05) is 22.0 Å². The van der Waals surface area contributed by atoms with Crippen LogP contribution in [0.2, 0.25) is 0 Å². The molecule has 1 aliphatic rings. The molecule has 3 nitrogen and oxygen atoms in total. The Morgan fingerprint density at radius 1 is 1.21 bits per heavy atom. The van der Waals surface area contributed by atoms with Crippen molar-refractivity contribution in [3.8, 4) is 0 Å². The van der Waals surface area contributed by atoms with E-state index in [-0.39, 0.29) is 11.7 Å². The first-order valence-corrected chi connectivity index (χ1v) is 6.55. The van der Waals surface area contributed by atoms with Gasteiger partial charge in [0, 0.05) is 21.4 Å². The number of rotatable bonds is 2. The molecule has 1 aliphatic heterocycles. The summed E-state index contributed by atoms with van der Waals surface area (Å²) >= 11 is 3.37. The normalized spacial score (nSPS) is 16.9. The Morgan fingerprint density at radius 2 is 2.05 bits per heavy atom. The van der Waals surface area contributed by atoms with Gasteiger partial charge in [0.05, 0.1) is 0 Å². The zero-order chi connectivity index (χ0) is 13.4. The van der Waals surface area contributed by atoms with Gasteiger partial charge in [0.2, 0.25) is 0 Å². The third-order valence-electron chi connectivity index (χ3n) is 2.98. The van der Waals surface area contributed by atoms with Crippen LogP contribution in [0.4, 0.5) is 15.8 Å². The van der Waals surface area contributed by atoms with Gasteiger partial charge in [-0.15, -0.1) is 0 Å². The van der Waals surface area contributed by atoms with E-state index in [0.717, 1.165) is 10.2 Å². The number of anilines is 2. The lowest BCUT2D eigenvalue weighted by Gasteiger charge is -2.13. The fourth-order valence-electron chi connectivity index (χ4n) is 2.12. The molecular weight excluding hydrogens is 311 g/mol. The summed E-state index contributed by atoms with van der Waals surface area (Å²) in [6, 6.07) is 11.2. The maximum atomic E-state index is 13.3. The lowest BCUT2D eigenvalue weighted by Crippen LogP contribution is -2.19. The highest BCUT2D eigenvalue weighted by molar-refractivity contribution is 9.10. The van der Waals surface area contributed by atoms with E-state index >= 15 is 0 Å². The molecule has 1 heterocycles. The number of halogens is 2. The van der Waals surface area contributed by atoms with Gasteiger partial charge >= 0.3 is 0 Å². The smallest absolute Gasteiger partial charge is 0.251 e. The number of nitrogens with one attached hydrogen (secondary N) is 2. The Morgan fingerprint density at radius 3 is 2.84 bits per heavy atom. The van der Waals surface area contributed by atoms with E-state index < -0.39 is 6.04 Å². The van der Waals surface area contributed by atoms with Crippen molar-refractivity contribution in [2.75, 3.05) is 10.6 Å². The first-order valence-electron chi connectivity index (χ1n) is 5.76. The molecule has 96 valence electrons. The zero-order valence-corrected chi connectivity index (χ0v) is 11.4. The summed E-state index contributed by atoms with van der Waals surface area (Å²) in [5.41, 5.74) is 2.08. The molecule has 5 heteroatoms. The van der Waals surface area contributed by atoms with Gasteiger partial charge in [-0.3, -0.25) is 4.79 Å². The number of amides is 1. The molecular formula is C14H10BrFN2O. The maximum Gasteiger partial charge on any atom is 0.251 e. The maximum absolute atomic E-state index is 13.3. The van der Waals surface area contributed by atoms with Crippen molar-refractivity contribution in [3.05, 3.63) is 58.3 Å². The van der Waals surface area contributed by atoms with Crippen LogP contribution in [0.3, 0.4) is 0 Å². The number of carbonyl (C=O) groups excluding carboxylic acids is 1. The molecule has 2 N–H and O–H groups in total. The van der Waals surface area contributed by atoms with E-state index in [2.05, 4.69) is 26.6 Å². The third-order valence-corrected chi connectivity index (χ3v) is 3.47. The molecule has 0 radical (unpaired) electrons. The molecule has 2 aromatic carbocycles. The average Bonchev–Trinajstić information content (AvgIpc) is 2.66. The SMILES string of the molecule is O=C1Nc2ccc(F)cc2C1Nc1cccc(Br)c1. The molecule has 0 saturated heterocycles. The minimum Gasteiger partial charge on any atom is -0.370 e. The molecule has 0 saturated carbocycles. The summed E-state index contributed by atoms with van der Waals surface area (Å²) in [7, 11) is 0. The highest BCUT2D eigenvalue weighted by atomic mass is 79.9. The standard InChI is InChI=1S/C14H10BrFN2O/c15-8-2-1-3-10(6-8)17-13-11-7-9(16)4-5-12(11)18-14(13)19/h1-7,13,17H,(H,18,19). The Balaban J connectivity index is 1.94. The third kappa shape index (κ3) is 2.33. The van der Waals surface area contributed by atoms with Crippen molar-refractivity contribution >= 4 is 33.2 Å². The Labute approximate surface area is 118 Å². The topological polar surface area (TPSA) is 41.1 Å². The first-order chi connectivity index (χ1) is 9.13. The summed E-state index contributed by atoms with van der Waals surface area (Å²) in [6.45, 7) is 0. The second-order valence-electron chi connectivity index (χ2n) is 4.31. The minimum atomic E-state index is -0.569. The van der Waals surface area contributed by atoms with Crippen molar-refractivity contribution in [3.63, 3.8) is 0 Å². The van der Waals surface area contributed by atoms with Crippen molar-refractivity contribution in [2.45, 2.75) is 6.04 Å². The van der Waals surface area contributed by atoms with Gasteiger partial charge in [0.25, 0.3) is 5.91 Å². The van der Waals surface area contributed by atoms with Crippen molar-refractivity contribution in [1.29, 1.82) is 0 Å². The van der Waals surface area contributed by atoms with E-state index in [4.69, 9.17) is 0 Å². The number of fused-ring (bicyclic) bond motifs is 1. The summed E-state index contributed by atoms with van der Waals surface area (Å²) in [6.07, 6.45) is 0. The van der Waals surface area contributed by atoms with Crippen molar-refractivity contribution < 1.29 is 9.18 Å². The van der Waals surface area contributed by atoms with Crippen molar-refractivity contribution in [2.24, 2.45) is 0 Å². The number of carbonyl (C=O) groups is 1. The van der Waals surface area contributed by atoms with Crippen LogP contribution in [-0.2, 0) is 4.79 Å². The summed E-state index contributed by atoms with van der Waals surface area (Å²) < 4.78 is 14.2. The molecule has 0 fully saturated rings. The average molecular weight is 321 g/mol. The largest absolute Gasteiger partial charge is 0.370 e. The van der Waals surface area contributed by atoms with Crippen LogP contribution in [0.15, 0.2) is 46.9 Å². The van der Waals surface area contributed by atoms with E-state index in [1.807, 2.05) is 24.3 Å². The lowest BCUT2D eigenvalue weighted by atomic mass is 10.1. The van der Waals surface area contributed by atoms with Gasteiger partial charge in [-0.05, 0) is 36.4 Å². The van der Waals surface area contributed by atoms with Crippen LogP contribution in [0.25, 0.3) is 0 Å². The van der Waals surface area contributed by atoms with Crippen LogP contribution < -0.4 is 10.6 Å². The molecule has 0 aliphatic carbocycles. The van der Waals surface area contributed by atoms with Crippen LogP contribution in [0.1, 0.15) is 11.6 Å². The number of hydrogen-bond donors (Lipinski definition) is 2. The zero-order valence-electron chi connectivity index (χ0n) is 9.78. The van der Waals surface area contributed by atoms with Crippen LogP contribution in [0, 0.1) is 5.82 Å². The van der Waals surface area contributed by atoms with Gasteiger partial charge in [0.15, 0.2) is 0 Å². The van der Waals surface area contributed by atoms with Gasteiger partial charge in [-0.2, -0.15) is 0 Å². The fourth-order valence-corrected chi connectivity index (χ4v) is 2.52. The predicted molar refractivity (Wildman–Crippen MR) is 75.5 cm³/mol. The monoisotopic (exact) mass is 320 g/mol. The molecule has 0 bridgehead atoms. The van der Waals surface area contributed by atoms with E-state index in [0.29, 0.717) is 11.3 Å². The van der Waals surface area contributed by atoms with E-state index in [9.17, 15) is 9.18 Å². The summed E-state index contributed by atoms with van der Waals surface area (Å²) in [5, 5.41) is 5.84. The second kappa shape index (κ2) is 4.66. The summed E-state index contributed by atoms with van der Waals surface area (Å²) in [4.78, 5) is 11.9. The lowest BCUT2D eigenvalue weighted by molar-refractivity contribution is -0.116. The molecule has 1 atom stereocenters. The predicted octanol–water partition coefficient (Wildman–Crippen LogP) is 3.69. The van der Waals surface area contributed by atoms with Gasteiger partial charge in [-0.25, -0.2) is 4.39 Å². The fraction of sp³-hybridized carbons (Fsp3) is 0.0714. The van der Waals surface area contributed by atoms with Crippen molar-refractivity contribution in [1.82, 2.24) is 0 Å². The first kappa shape index (κ1) is 12.2. The van der Waals surface area contributed by atoms with Crippen LogP contribution in [0.5, 0.6) is 0 Å². The Hall–Kier alpha value is -1.88. The highest BCUT2D eigenvalue weighted by Crippen LogP contribution is 2.34. The highest BCUT2D eigenvalue weighted by Gasteiger charge is 2.30. The Kier molecular flexibility index (Phi) is 2.98. The van der Waals surface area contributed by atoms with Gasteiger partial charge in [0.1, 0.15) is 11.9 Å². The van der Waals surface area contributed by atoms with Gasteiger partial charge < -0.3 is 10.6 Å². The molecule has 1 unspecified atom stereocenters. The molecule has 3 rings (SSSR count). The quantitative estimate of drug-likeness (QED) is 0.886. The summed E-state index contributed by atoms with van der Waals surface area (Å²) in [5.74, 6) is -0.531. The van der Waals surface area contributed by atoms with E-state index in [1.165, 1.54) is 12.1 Å². The van der Waals surface area contributed by atoms with Crippen LogP contribution in [-0.4, -0.2) is 5.91 Å². The molecule has 2 aromatic rings. The molecule has 1 amide bonds. The second-order valence-corrected chi connectivity index (χ2v) is 5.22. The number of hydrogen-bond acceptors (Lipinski definition) is 2. The molecule has 19 heavy (non-hydrogen) atoms. The van der Waals surface area contributed by atoms with E-state index in [1.54, 1.807) is 6.07 Å². The molecule has 0 spiro atoms. The Bertz CT molecular complexity index is 660. The molecule has 0 aromatic heterocycles. The minimum absolute atomic E-state index is 0.180. The van der Waals surface area contributed by atoms with Crippen LogP contribution >= 0.6 is 15.9 Å². The number of benzene rings is 2.